The maximum Gasteiger partial charge on any atom is 0.323 e. The normalized spacial score (nSPS) is 15.5. The van der Waals surface area contributed by atoms with Crippen molar-refractivity contribution in [1.29, 1.82) is 0 Å². The molecule has 1 aliphatic carbocycles. The number of carbonyl (C=O) groups excluding carboxylic acids is 1. The molecule has 1 fully saturated rings. The molecule has 148 valence electrons. The second-order valence-electron chi connectivity index (χ2n) is 7.71. The first-order valence-corrected chi connectivity index (χ1v) is 10.2. The SMILES string of the molecule is C#CCCCOc1ccc(CN[C@H](CC(C)C)C(=O)OC2CCCC2)cc1. The van der Waals surface area contributed by atoms with E-state index >= 15 is 0 Å². The van der Waals surface area contributed by atoms with Crippen molar-refractivity contribution in [3.63, 3.8) is 0 Å². The van der Waals surface area contributed by atoms with Gasteiger partial charge < -0.3 is 14.8 Å². The van der Waals surface area contributed by atoms with Gasteiger partial charge in [-0.1, -0.05) is 26.0 Å². The van der Waals surface area contributed by atoms with Gasteiger partial charge in [0, 0.05) is 13.0 Å². The molecule has 0 heterocycles. The standard InChI is InChI=1S/C23H33NO3/c1-4-5-8-15-26-20-13-11-19(12-14-20)17-24-22(16-18(2)3)23(25)27-21-9-6-7-10-21/h1,11-14,18,21-22,24H,5-10,15-17H2,2-3H3/t22-/m1/s1. The summed E-state index contributed by atoms with van der Waals surface area (Å²) in [5.41, 5.74) is 1.12. The number of ether oxygens (including phenoxy) is 2. The van der Waals surface area contributed by atoms with Crippen LogP contribution in [-0.2, 0) is 16.1 Å². The number of carbonyl (C=O) groups is 1. The van der Waals surface area contributed by atoms with Crippen molar-refractivity contribution in [3.05, 3.63) is 29.8 Å². The van der Waals surface area contributed by atoms with Crippen LogP contribution in [0.1, 0.15) is 64.4 Å². The monoisotopic (exact) mass is 371 g/mol. The zero-order chi connectivity index (χ0) is 19.5. The summed E-state index contributed by atoms with van der Waals surface area (Å²) in [6.45, 7) is 5.52. The number of esters is 1. The highest BCUT2D eigenvalue weighted by Gasteiger charge is 2.25. The molecule has 0 saturated heterocycles. The molecule has 0 amide bonds. The van der Waals surface area contributed by atoms with Gasteiger partial charge in [0.05, 0.1) is 6.61 Å². The Morgan fingerprint density at radius 1 is 1.26 bits per heavy atom. The van der Waals surface area contributed by atoms with Crippen LogP contribution in [0.3, 0.4) is 0 Å². The fourth-order valence-electron chi connectivity index (χ4n) is 3.30. The first-order chi connectivity index (χ1) is 13.1. The lowest BCUT2D eigenvalue weighted by molar-refractivity contribution is -0.151. The molecular weight excluding hydrogens is 338 g/mol. The number of rotatable bonds is 11. The molecule has 0 aromatic heterocycles. The number of terminal acetylenes is 1. The van der Waals surface area contributed by atoms with Crippen molar-refractivity contribution in [2.45, 2.75) is 77.5 Å². The Morgan fingerprint density at radius 3 is 2.59 bits per heavy atom. The molecule has 27 heavy (non-hydrogen) atoms. The second kappa shape index (κ2) is 11.7. The van der Waals surface area contributed by atoms with Gasteiger partial charge in [0.2, 0.25) is 0 Å². The van der Waals surface area contributed by atoms with E-state index in [2.05, 4.69) is 25.1 Å². The number of nitrogens with one attached hydrogen (secondary N) is 1. The van der Waals surface area contributed by atoms with E-state index in [1.54, 1.807) is 0 Å². The van der Waals surface area contributed by atoms with Gasteiger partial charge in [-0.3, -0.25) is 4.79 Å². The third-order valence-electron chi connectivity index (χ3n) is 4.79. The predicted molar refractivity (Wildman–Crippen MR) is 108 cm³/mol. The van der Waals surface area contributed by atoms with Crippen molar-refractivity contribution in [2.24, 2.45) is 5.92 Å². The molecule has 0 unspecified atom stereocenters. The summed E-state index contributed by atoms with van der Waals surface area (Å²) in [5.74, 6) is 3.77. The second-order valence-corrected chi connectivity index (χ2v) is 7.71. The quantitative estimate of drug-likeness (QED) is 0.354. The number of hydrogen-bond acceptors (Lipinski definition) is 4. The third kappa shape index (κ3) is 8.05. The van der Waals surface area contributed by atoms with Crippen molar-refractivity contribution >= 4 is 5.97 Å². The molecule has 0 aliphatic heterocycles. The fraction of sp³-hybridized carbons (Fsp3) is 0.609. The van der Waals surface area contributed by atoms with E-state index in [1.165, 1.54) is 0 Å². The molecule has 1 aromatic carbocycles. The lowest BCUT2D eigenvalue weighted by Crippen LogP contribution is -2.40. The average Bonchev–Trinajstić information content (AvgIpc) is 3.16. The lowest BCUT2D eigenvalue weighted by atomic mass is 10.0. The number of hydrogen-bond donors (Lipinski definition) is 1. The van der Waals surface area contributed by atoms with Gasteiger partial charge in [0.15, 0.2) is 0 Å². The first-order valence-electron chi connectivity index (χ1n) is 10.2. The third-order valence-corrected chi connectivity index (χ3v) is 4.79. The van der Waals surface area contributed by atoms with E-state index in [0.29, 0.717) is 19.1 Å². The molecule has 1 aliphatic rings. The van der Waals surface area contributed by atoms with Crippen LogP contribution in [-0.4, -0.2) is 24.7 Å². The highest BCUT2D eigenvalue weighted by molar-refractivity contribution is 5.76. The van der Waals surface area contributed by atoms with Crippen LogP contribution in [0.15, 0.2) is 24.3 Å². The summed E-state index contributed by atoms with van der Waals surface area (Å²) in [4.78, 5) is 12.6. The van der Waals surface area contributed by atoms with Crippen molar-refractivity contribution in [3.8, 4) is 18.1 Å². The zero-order valence-corrected chi connectivity index (χ0v) is 16.7. The Balaban J connectivity index is 1.82. The Bertz CT molecular complexity index is 597. The van der Waals surface area contributed by atoms with Gasteiger partial charge in [-0.25, -0.2) is 0 Å². The molecule has 4 heteroatoms. The summed E-state index contributed by atoms with van der Waals surface area (Å²) in [5, 5.41) is 3.38. The molecule has 0 radical (unpaired) electrons. The van der Waals surface area contributed by atoms with Crippen LogP contribution in [0.4, 0.5) is 0 Å². The van der Waals surface area contributed by atoms with Crippen molar-refractivity contribution in [1.82, 2.24) is 5.32 Å². The van der Waals surface area contributed by atoms with Crippen LogP contribution in [0, 0.1) is 18.3 Å². The maximum absolute atomic E-state index is 12.6. The summed E-state index contributed by atoms with van der Waals surface area (Å²) >= 11 is 0. The van der Waals surface area contributed by atoms with E-state index in [0.717, 1.165) is 56.3 Å². The zero-order valence-electron chi connectivity index (χ0n) is 16.7. The molecule has 1 N–H and O–H groups in total. The largest absolute Gasteiger partial charge is 0.494 e. The average molecular weight is 372 g/mol. The summed E-state index contributed by atoms with van der Waals surface area (Å²) in [7, 11) is 0. The van der Waals surface area contributed by atoms with E-state index in [1.807, 2.05) is 24.3 Å². The first kappa shape index (κ1) is 21.3. The minimum atomic E-state index is -0.259. The van der Waals surface area contributed by atoms with Crippen LogP contribution < -0.4 is 10.1 Å². The molecule has 0 spiro atoms. The summed E-state index contributed by atoms with van der Waals surface area (Å²) in [6, 6.07) is 7.71. The van der Waals surface area contributed by atoms with E-state index in [9.17, 15) is 4.79 Å². The molecule has 1 atom stereocenters. The molecule has 1 aromatic rings. The van der Waals surface area contributed by atoms with E-state index < -0.39 is 0 Å². The van der Waals surface area contributed by atoms with E-state index in [4.69, 9.17) is 15.9 Å². The van der Waals surface area contributed by atoms with Crippen LogP contribution in [0.5, 0.6) is 5.75 Å². The minimum absolute atomic E-state index is 0.107. The Kier molecular flexibility index (Phi) is 9.21. The summed E-state index contributed by atoms with van der Waals surface area (Å²) < 4.78 is 11.4. The predicted octanol–water partition coefficient (Wildman–Crippen LogP) is 4.47. The van der Waals surface area contributed by atoms with Crippen molar-refractivity contribution in [2.75, 3.05) is 6.61 Å². The van der Waals surface area contributed by atoms with Gasteiger partial charge in [-0.2, -0.15) is 0 Å². The van der Waals surface area contributed by atoms with Crippen LogP contribution in [0.2, 0.25) is 0 Å². The minimum Gasteiger partial charge on any atom is -0.494 e. The van der Waals surface area contributed by atoms with Gasteiger partial charge in [-0.15, -0.1) is 12.3 Å². The van der Waals surface area contributed by atoms with Gasteiger partial charge in [-0.05, 0) is 62.1 Å². The molecule has 4 nitrogen and oxygen atoms in total. The lowest BCUT2D eigenvalue weighted by Gasteiger charge is -2.22. The van der Waals surface area contributed by atoms with Gasteiger partial charge >= 0.3 is 5.97 Å². The smallest absolute Gasteiger partial charge is 0.323 e. The van der Waals surface area contributed by atoms with Gasteiger partial charge in [0.1, 0.15) is 17.9 Å². The Hall–Kier alpha value is -1.99. The Labute approximate surface area is 164 Å². The molecule has 0 bridgehead atoms. The molecule has 1 saturated carbocycles. The Morgan fingerprint density at radius 2 is 1.96 bits per heavy atom. The molecule has 2 rings (SSSR count). The topological polar surface area (TPSA) is 47.6 Å². The maximum atomic E-state index is 12.6. The molecular formula is C23H33NO3. The number of benzene rings is 1. The van der Waals surface area contributed by atoms with Crippen LogP contribution in [0.25, 0.3) is 0 Å². The fourth-order valence-corrected chi connectivity index (χ4v) is 3.30. The van der Waals surface area contributed by atoms with Crippen LogP contribution >= 0.6 is 0 Å². The highest BCUT2D eigenvalue weighted by atomic mass is 16.5. The number of unbranched alkanes of at least 4 members (excludes halogenated alkanes) is 1. The highest BCUT2D eigenvalue weighted by Crippen LogP contribution is 2.22. The van der Waals surface area contributed by atoms with Gasteiger partial charge in [0.25, 0.3) is 0 Å². The summed E-state index contributed by atoms with van der Waals surface area (Å²) in [6.07, 6.45) is 12.1. The van der Waals surface area contributed by atoms with E-state index in [-0.39, 0.29) is 18.1 Å². The van der Waals surface area contributed by atoms with Crippen molar-refractivity contribution < 1.29 is 14.3 Å².